The average Bonchev–Trinajstić information content (AvgIpc) is 2.89. The van der Waals surface area contributed by atoms with Crippen molar-refractivity contribution >= 4 is 21.8 Å². The third kappa shape index (κ3) is 3.08. The van der Waals surface area contributed by atoms with E-state index in [2.05, 4.69) is 26.3 Å². The third-order valence-corrected chi connectivity index (χ3v) is 3.45. The number of aliphatic hydroxyl groups is 1. The summed E-state index contributed by atoms with van der Waals surface area (Å²) in [4.78, 5) is 12.0. The summed E-state index contributed by atoms with van der Waals surface area (Å²) in [6, 6.07) is 7.74. The van der Waals surface area contributed by atoms with Crippen LogP contribution in [0.25, 0.3) is 5.69 Å². The van der Waals surface area contributed by atoms with E-state index in [0.29, 0.717) is 12.0 Å². The monoisotopic (exact) mass is 337 g/mol. The standard InChI is InChI=1S/C14H16BrN3O2/c1-2-13-12(14(20)16-7-8-19)9-17-18(13)11-5-3-10(15)4-6-11/h3-6,9,19H,2,7-8H2,1H3,(H,16,20). The molecule has 0 aliphatic heterocycles. The Kier molecular flexibility index (Phi) is 4.92. The van der Waals surface area contributed by atoms with Gasteiger partial charge in [0.1, 0.15) is 0 Å². The summed E-state index contributed by atoms with van der Waals surface area (Å²) < 4.78 is 2.76. The molecular weight excluding hydrogens is 322 g/mol. The van der Waals surface area contributed by atoms with Crippen LogP contribution in [0.4, 0.5) is 0 Å². The van der Waals surface area contributed by atoms with Gasteiger partial charge in [0.15, 0.2) is 0 Å². The summed E-state index contributed by atoms with van der Waals surface area (Å²) in [5.74, 6) is -0.209. The Morgan fingerprint density at radius 2 is 2.10 bits per heavy atom. The number of nitrogens with one attached hydrogen (secondary N) is 1. The number of rotatable bonds is 5. The molecule has 0 atom stereocenters. The summed E-state index contributed by atoms with van der Waals surface area (Å²) in [7, 11) is 0. The van der Waals surface area contributed by atoms with Gasteiger partial charge < -0.3 is 10.4 Å². The normalized spacial score (nSPS) is 10.6. The number of amides is 1. The van der Waals surface area contributed by atoms with Gasteiger partial charge in [0.05, 0.1) is 29.7 Å². The molecule has 0 saturated heterocycles. The second-order valence-electron chi connectivity index (χ2n) is 4.23. The maximum Gasteiger partial charge on any atom is 0.254 e. The van der Waals surface area contributed by atoms with Gasteiger partial charge in [0.25, 0.3) is 5.91 Å². The number of benzene rings is 1. The van der Waals surface area contributed by atoms with Crippen LogP contribution in [0, 0.1) is 0 Å². The van der Waals surface area contributed by atoms with Gasteiger partial charge in [0.2, 0.25) is 0 Å². The van der Waals surface area contributed by atoms with Crippen molar-refractivity contribution in [2.24, 2.45) is 0 Å². The number of nitrogens with zero attached hydrogens (tertiary/aromatic N) is 2. The van der Waals surface area contributed by atoms with Gasteiger partial charge in [-0.25, -0.2) is 4.68 Å². The van der Waals surface area contributed by atoms with E-state index in [-0.39, 0.29) is 19.1 Å². The van der Waals surface area contributed by atoms with Crippen LogP contribution in [0.2, 0.25) is 0 Å². The number of carbonyl (C=O) groups is 1. The fraction of sp³-hybridized carbons (Fsp3) is 0.286. The predicted molar refractivity (Wildman–Crippen MR) is 80.1 cm³/mol. The number of aliphatic hydroxyl groups excluding tert-OH is 1. The van der Waals surface area contributed by atoms with Gasteiger partial charge in [-0.3, -0.25) is 4.79 Å². The average molecular weight is 338 g/mol. The number of aromatic nitrogens is 2. The Morgan fingerprint density at radius 1 is 1.40 bits per heavy atom. The molecule has 0 unspecified atom stereocenters. The number of carbonyl (C=O) groups excluding carboxylic acids is 1. The molecule has 0 bridgehead atoms. The van der Waals surface area contributed by atoms with Gasteiger partial charge in [-0.05, 0) is 30.7 Å². The van der Waals surface area contributed by atoms with Gasteiger partial charge in [-0.2, -0.15) is 5.10 Å². The molecular formula is C14H16BrN3O2. The van der Waals surface area contributed by atoms with Crippen LogP contribution in [0.3, 0.4) is 0 Å². The van der Waals surface area contributed by atoms with Crippen molar-refractivity contribution in [1.82, 2.24) is 15.1 Å². The Morgan fingerprint density at radius 3 is 2.70 bits per heavy atom. The van der Waals surface area contributed by atoms with E-state index in [9.17, 15) is 4.79 Å². The fourth-order valence-corrected chi connectivity index (χ4v) is 2.24. The smallest absolute Gasteiger partial charge is 0.254 e. The Hall–Kier alpha value is -1.66. The molecule has 1 aromatic carbocycles. The first-order valence-corrected chi connectivity index (χ1v) is 7.18. The van der Waals surface area contributed by atoms with Crippen LogP contribution in [0.15, 0.2) is 34.9 Å². The molecule has 6 heteroatoms. The van der Waals surface area contributed by atoms with E-state index >= 15 is 0 Å². The lowest BCUT2D eigenvalue weighted by atomic mass is 10.2. The summed E-state index contributed by atoms with van der Waals surface area (Å²) in [5.41, 5.74) is 2.30. The second kappa shape index (κ2) is 6.67. The summed E-state index contributed by atoms with van der Waals surface area (Å²) in [6.45, 7) is 2.15. The minimum atomic E-state index is -0.209. The van der Waals surface area contributed by atoms with Crippen LogP contribution in [0.5, 0.6) is 0 Å². The zero-order chi connectivity index (χ0) is 14.5. The molecule has 0 spiro atoms. The first-order valence-electron chi connectivity index (χ1n) is 6.39. The molecule has 1 aromatic heterocycles. The Bertz CT molecular complexity index is 593. The van der Waals surface area contributed by atoms with E-state index in [1.54, 1.807) is 10.9 Å². The molecule has 20 heavy (non-hydrogen) atoms. The van der Waals surface area contributed by atoms with E-state index < -0.39 is 0 Å². The molecule has 2 N–H and O–H groups in total. The molecule has 1 heterocycles. The largest absolute Gasteiger partial charge is 0.395 e. The molecule has 0 saturated carbocycles. The van der Waals surface area contributed by atoms with Crippen molar-refractivity contribution in [3.05, 3.63) is 46.2 Å². The first-order chi connectivity index (χ1) is 9.67. The molecule has 1 amide bonds. The molecule has 0 fully saturated rings. The minimum absolute atomic E-state index is 0.0753. The van der Waals surface area contributed by atoms with Crippen molar-refractivity contribution in [2.45, 2.75) is 13.3 Å². The van der Waals surface area contributed by atoms with Crippen LogP contribution < -0.4 is 5.32 Å². The van der Waals surface area contributed by atoms with Crippen LogP contribution >= 0.6 is 15.9 Å². The van der Waals surface area contributed by atoms with Crippen molar-refractivity contribution < 1.29 is 9.90 Å². The second-order valence-corrected chi connectivity index (χ2v) is 5.14. The third-order valence-electron chi connectivity index (χ3n) is 2.92. The predicted octanol–water partition coefficient (Wildman–Crippen LogP) is 1.92. The highest BCUT2D eigenvalue weighted by Crippen LogP contribution is 2.18. The van der Waals surface area contributed by atoms with Gasteiger partial charge >= 0.3 is 0 Å². The highest BCUT2D eigenvalue weighted by atomic mass is 79.9. The maximum absolute atomic E-state index is 12.0. The molecule has 106 valence electrons. The zero-order valence-corrected chi connectivity index (χ0v) is 12.7. The van der Waals surface area contributed by atoms with Crippen LogP contribution in [0.1, 0.15) is 23.0 Å². The molecule has 2 rings (SSSR count). The number of halogens is 1. The first kappa shape index (κ1) is 14.7. The van der Waals surface area contributed by atoms with E-state index in [0.717, 1.165) is 15.9 Å². The Labute approximate surface area is 125 Å². The van der Waals surface area contributed by atoms with Crippen molar-refractivity contribution in [3.63, 3.8) is 0 Å². The lowest BCUT2D eigenvalue weighted by Gasteiger charge is -2.08. The van der Waals surface area contributed by atoms with Crippen molar-refractivity contribution in [3.8, 4) is 5.69 Å². The van der Waals surface area contributed by atoms with Crippen LogP contribution in [-0.2, 0) is 6.42 Å². The van der Waals surface area contributed by atoms with Crippen molar-refractivity contribution in [2.75, 3.05) is 13.2 Å². The highest BCUT2D eigenvalue weighted by Gasteiger charge is 2.16. The van der Waals surface area contributed by atoms with E-state index in [4.69, 9.17) is 5.11 Å². The topological polar surface area (TPSA) is 67.2 Å². The van der Waals surface area contributed by atoms with Gasteiger partial charge in [-0.1, -0.05) is 22.9 Å². The SMILES string of the molecule is CCc1c(C(=O)NCCO)cnn1-c1ccc(Br)cc1. The number of hydrogen-bond acceptors (Lipinski definition) is 3. The van der Waals surface area contributed by atoms with Gasteiger partial charge in [-0.15, -0.1) is 0 Å². The van der Waals surface area contributed by atoms with E-state index in [1.807, 2.05) is 31.2 Å². The Balaban J connectivity index is 2.34. The van der Waals surface area contributed by atoms with Gasteiger partial charge in [0, 0.05) is 11.0 Å². The molecule has 5 nitrogen and oxygen atoms in total. The zero-order valence-electron chi connectivity index (χ0n) is 11.1. The summed E-state index contributed by atoms with van der Waals surface area (Å²) in [5, 5.41) is 15.7. The molecule has 2 aromatic rings. The lowest BCUT2D eigenvalue weighted by molar-refractivity contribution is 0.0944. The molecule has 0 radical (unpaired) electrons. The summed E-state index contributed by atoms with van der Waals surface area (Å²) >= 11 is 3.39. The van der Waals surface area contributed by atoms with E-state index in [1.165, 1.54) is 0 Å². The molecule has 0 aliphatic rings. The number of hydrogen-bond donors (Lipinski definition) is 2. The quantitative estimate of drug-likeness (QED) is 0.875. The summed E-state index contributed by atoms with van der Waals surface area (Å²) in [6.07, 6.45) is 2.26. The van der Waals surface area contributed by atoms with Crippen molar-refractivity contribution in [1.29, 1.82) is 0 Å². The fourth-order valence-electron chi connectivity index (χ4n) is 1.97. The maximum atomic E-state index is 12.0. The van der Waals surface area contributed by atoms with Crippen LogP contribution in [-0.4, -0.2) is 33.9 Å². The highest BCUT2D eigenvalue weighted by molar-refractivity contribution is 9.10. The lowest BCUT2D eigenvalue weighted by Crippen LogP contribution is -2.27. The minimum Gasteiger partial charge on any atom is -0.395 e. The molecule has 0 aliphatic carbocycles.